The van der Waals surface area contributed by atoms with Crippen molar-refractivity contribution in [3.8, 4) is 0 Å². The van der Waals surface area contributed by atoms with Crippen LogP contribution in [-0.4, -0.2) is 75.8 Å². The summed E-state index contributed by atoms with van der Waals surface area (Å²) < 4.78 is 4.91. The number of ether oxygens (including phenoxy) is 1. The lowest BCUT2D eigenvalue weighted by atomic mass is 10.0. The number of nitrogens with one attached hydrogen (secondary N) is 3. The summed E-state index contributed by atoms with van der Waals surface area (Å²) in [5.74, 6) is 0.655. The molecule has 24 heavy (non-hydrogen) atoms. The van der Waals surface area contributed by atoms with Gasteiger partial charge in [0.25, 0.3) is 0 Å². The van der Waals surface area contributed by atoms with Crippen LogP contribution in [0.2, 0.25) is 0 Å². The number of carbonyl (C=O) groups is 1. The van der Waals surface area contributed by atoms with Crippen molar-refractivity contribution in [3.05, 3.63) is 0 Å². The van der Waals surface area contributed by atoms with Crippen molar-refractivity contribution in [2.24, 2.45) is 4.99 Å². The number of methoxy groups -OCH3 is 1. The van der Waals surface area contributed by atoms with Gasteiger partial charge >= 0.3 is 0 Å². The van der Waals surface area contributed by atoms with Crippen LogP contribution in [0.5, 0.6) is 0 Å². The molecule has 0 bridgehead atoms. The first kappa shape index (κ1) is 19.0. The molecule has 2 fully saturated rings. The average molecular weight is 339 g/mol. The van der Waals surface area contributed by atoms with E-state index in [0.29, 0.717) is 25.2 Å². The summed E-state index contributed by atoms with van der Waals surface area (Å²) in [5.41, 5.74) is 0. The van der Waals surface area contributed by atoms with E-state index in [-0.39, 0.29) is 12.5 Å². The van der Waals surface area contributed by atoms with Crippen molar-refractivity contribution in [1.29, 1.82) is 0 Å². The number of piperidine rings is 1. The topological polar surface area (TPSA) is 78.0 Å². The quantitative estimate of drug-likeness (QED) is 0.354. The molecule has 0 aromatic rings. The second kappa shape index (κ2) is 10.5. The van der Waals surface area contributed by atoms with Crippen LogP contribution in [0.25, 0.3) is 0 Å². The number of rotatable bonds is 7. The minimum atomic E-state index is -0.0500. The molecule has 0 atom stereocenters. The number of carbonyl (C=O) groups excluding carboxylic acids is 1. The van der Waals surface area contributed by atoms with E-state index < -0.39 is 0 Å². The Hall–Kier alpha value is -1.34. The van der Waals surface area contributed by atoms with Gasteiger partial charge in [0.05, 0.1) is 13.2 Å². The molecule has 0 aromatic heterocycles. The number of likely N-dealkylation sites (tertiary alicyclic amines) is 1. The van der Waals surface area contributed by atoms with Crippen molar-refractivity contribution in [3.63, 3.8) is 0 Å². The van der Waals surface area contributed by atoms with Gasteiger partial charge in [-0.05, 0) is 25.7 Å². The maximum Gasteiger partial charge on any atom is 0.239 e. The van der Waals surface area contributed by atoms with Gasteiger partial charge in [0.2, 0.25) is 5.91 Å². The van der Waals surface area contributed by atoms with Gasteiger partial charge in [-0.1, -0.05) is 12.8 Å². The monoisotopic (exact) mass is 339 g/mol. The van der Waals surface area contributed by atoms with E-state index in [1.165, 1.54) is 25.7 Å². The van der Waals surface area contributed by atoms with E-state index >= 15 is 0 Å². The summed E-state index contributed by atoms with van der Waals surface area (Å²) in [4.78, 5) is 18.6. The average Bonchev–Trinajstić information content (AvgIpc) is 3.14. The molecule has 2 aliphatic rings. The van der Waals surface area contributed by atoms with Crippen molar-refractivity contribution < 1.29 is 9.53 Å². The first-order chi connectivity index (χ1) is 11.7. The third-order valence-corrected chi connectivity index (χ3v) is 4.98. The zero-order valence-corrected chi connectivity index (χ0v) is 15.1. The highest BCUT2D eigenvalue weighted by atomic mass is 16.5. The number of aliphatic imine (C=N–C) groups is 1. The van der Waals surface area contributed by atoms with E-state index in [4.69, 9.17) is 4.74 Å². The number of hydrogen-bond donors (Lipinski definition) is 3. The molecule has 7 nitrogen and oxygen atoms in total. The lowest BCUT2D eigenvalue weighted by Gasteiger charge is -2.36. The summed E-state index contributed by atoms with van der Waals surface area (Å²) in [6, 6.07) is 1.25. The van der Waals surface area contributed by atoms with E-state index in [1.54, 1.807) is 14.2 Å². The Morgan fingerprint density at radius 3 is 2.50 bits per heavy atom. The van der Waals surface area contributed by atoms with Crippen LogP contribution in [-0.2, 0) is 9.53 Å². The predicted octanol–water partition coefficient (Wildman–Crippen LogP) is 0.321. The van der Waals surface area contributed by atoms with Crippen LogP contribution < -0.4 is 16.0 Å². The number of guanidine groups is 1. The Kier molecular flexibility index (Phi) is 8.32. The summed E-state index contributed by atoms with van der Waals surface area (Å²) in [6.45, 7) is 3.61. The largest absolute Gasteiger partial charge is 0.383 e. The summed E-state index contributed by atoms with van der Waals surface area (Å²) in [5, 5.41) is 9.32. The fraction of sp³-hybridized carbons (Fsp3) is 0.882. The molecule has 0 radical (unpaired) electrons. The fourth-order valence-corrected chi connectivity index (χ4v) is 3.59. The Morgan fingerprint density at radius 2 is 1.88 bits per heavy atom. The Morgan fingerprint density at radius 1 is 1.17 bits per heavy atom. The van der Waals surface area contributed by atoms with Gasteiger partial charge in [-0.25, -0.2) is 0 Å². The van der Waals surface area contributed by atoms with Gasteiger partial charge in [0, 0.05) is 45.9 Å². The Balaban J connectivity index is 1.63. The normalized spacial score (nSPS) is 21.0. The minimum absolute atomic E-state index is 0.0500. The van der Waals surface area contributed by atoms with Crippen LogP contribution in [0, 0.1) is 0 Å². The zero-order chi connectivity index (χ0) is 17.2. The van der Waals surface area contributed by atoms with Gasteiger partial charge in [-0.15, -0.1) is 0 Å². The molecule has 7 heteroatoms. The van der Waals surface area contributed by atoms with Crippen molar-refractivity contribution in [2.45, 2.75) is 50.6 Å². The van der Waals surface area contributed by atoms with Crippen molar-refractivity contribution in [1.82, 2.24) is 20.9 Å². The second-order valence-corrected chi connectivity index (χ2v) is 6.66. The highest BCUT2D eigenvalue weighted by molar-refractivity contribution is 5.86. The molecule has 1 heterocycles. The molecule has 1 saturated heterocycles. The van der Waals surface area contributed by atoms with E-state index in [0.717, 1.165) is 32.0 Å². The number of nitrogens with zero attached hydrogens (tertiary/aromatic N) is 2. The smallest absolute Gasteiger partial charge is 0.239 e. The minimum Gasteiger partial charge on any atom is -0.383 e. The molecule has 0 spiro atoms. The molecule has 0 unspecified atom stereocenters. The van der Waals surface area contributed by atoms with Gasteiger partial charge in [-0.3, -0.25) is 9.79 Å². The van der Waals surface area contributed by atoms with Crippen LogP contribution >= 0.6 is 0 Å². The molecule has 138 valence electrons. The maximum absolute atomic E-state index is 11.7. The fourth-order valence-electron chi connectivity index (χ4n) is 3.59. The lowest BCUT2D eigenvalue weighted by molar-refractivity contribution is -0.120. The maximum atomic E-state index is 11.7. The molecule has 1 aliphatic carbocycles. The van der Waals surface area contributed by atoms with Crippen LogP contribution in [0.1, 0.15) is 38.5 Å². The standard InChI is InChI=1S/C17H33N5O2/c1-18-17(20-13-16(23)19-9-12-24-2)21-14-7-10-22(11-8-14)15-5-3-4-6-15/h14-15H,3-13H2,1-2H3,(H,19,23)(H2,18,20,21). The number of amides is 1. The highest BCUT2D eigenvalue weighted by Gasteiger charge is 2.27. The van der Waals surface area contributed by atoms with E-state index in [1.807, 2.05) is 0 Å². The molecule has 2 rings (SSSR count). The molecule has 1 amide bonds. The molecule has 0 aromatic carbocycles. The SMILES string of the molecule is CN=C(NCC(=O)NCCOC)NC1CCN(C2CCCC2)CC1. The number of hydrogen-bond acceptors (Lipinski definition) is 4. The second-order valence-electron chi connectivity index (χ2n) is 6.66. The Bertz CT molecular complexity index is 402. The van der Waals surface area contributed by atoms with Gasteiger partial charge in [0.1, 0.15) is 0 Å². The van der Waals surface area contributed by atoms with Crippen LogP contribution in [0.4, 0.5) is 0 Å². The molecule has 3 N–H and O–H groups in total. The summed E-state index contributed by atoms with van der Waals surface area (Å²) >= 11 is 0. The third-order valence-electron chi connectivity index (χ3n) is 4.98. The van der Waals surface area contributed by atoms with E-state index in [9.17, 15) is 4.79 Å². The van der Waals surface area contributed by atoms with Gasteiger partial charge in [-0.2, -0.15) is 0 Å². The first-order valence-electron chi connectivity index (χ1n) is 9.19. The van der Waals surface area contributed by atoms with Crippen molar-refractivity contribution in [2.75, 3.05) is 46.9 Å². The van der Waals surface area contributed by atoms with E-state index in [2.05, 4.69) is 25.8 Å². The highest BCUT2D eigenvalue weighted by Crippen LogP contribution is 2.26. The predicted molar refractivity (Wildman–Crippen MR) is 96.2 cm³/mol. The van der Waals surface area contributed by atoms with Crippen molar-refractivity contribution >= 4 is 11.9 Å². The van der Waals surface area contributed by atoms with Gasteiger partial charge in [0.15, 0.2) is 5.96 Å². The lowest BCUT2D eigenvalue weighted by Crippen LogP contribution is -2.51. The third kappa shape index (κ3) is 6.28. The van der Waals surface area contributed by atoms with Crippen LogP contribution in [0.3, 0.4) is 0 Å². The zero-order valence-electron chi connectivity index (χ0n) is 15.1. The molecular weight excluding hydrogens is 306 g/mol. The summed E-state index contributed by atoms with van der Waals surface area (Å²) in [7, 11) is 3.36. The summed E-state index contributed by atoms with van der Waals surface area (Å²) in [6.07, 6.45) is 7.81. The molecular formula is C17H33N5O2. The van der Waals surface area contributed by atoms with Crippen LogP contribution in [0.15, 0.2) is 4.99 Å². The molecule has 1 aliphatic heterocycles. The molecule has 1 saturated carbocycles. The Labute approximate surface area is 145 Å². The van der Waals surface area contributed by atoms with Gasteiger partial charge < -0.3 is 25.6 Å². The first-order valence-corrected chi connectivity index (χ1v) is 9.19.